The summed E-state index contributed by atoms with van der Waals surface area (Å²) in [6, 6.07) is 1.50. The van der Waals surface area contributed by atoms with Gasteiger partial charge in [0.2, 0.25) is 0 Å². The molecule has 136 valence electrons. The van der Waals surface area contributed by atoms with Crippen LogP contribution in [0.3, 0.4) is 0 Å². The molecule has 1 amide bonds. The van der Waals surface area contributed by atoms with Gasteiger partial charge in [0.15, 0.2) is 11.6 Å². The number of hydrogen-bond donors (Lipinski definition) is 3. The number of carbonyl (C=O) groups excluding carboxylic acids is 1. The highest BCUT2D eigenvalue weighted by Gasteiger charge is 2.25. The number of nitrogens with one attached hydrogen (secondary N) is 1. The summed E-state index contributed by atoms with van der Waals surface area (Å²) in [5.74, 6) is -2.23. The van der Waals surface area contributed by atoms with Crippen LogP contribution in [0.25, 0.3) is 0 Å². The molecule has 8 heteroatoms. The van der Waals surface area contributed by atoms with Crippen LogP contribution in [0.2, 0.25) is 0 Å². The quantitative estimate of drug-likeness (QED) is 0.735. The third-order valence-corrected chi connectivity index (χ3v) is 3.03. The van der Waals surface area contributed by atoms with Gasteiger partial charge < -0.3 is 25.0 Å². The third-order valence-electron chi connectivity index (χ3n) is 3.03. The molecule has 1 rings (SSSR count). The van der Waals surface area contributed by atoms with Gasteiger partial charge in [0.25, 0.3) is 0 Å². The number of rotatable bonds is 6. The van der Waals surface area contributed by atoms with Crippen LogP contribution >= 0.6 is 0 Å². The molecular formula is C16H23F2NO5. The van der Waals surface area contributed by atoms with Crippen molar-refractivity contribution < 1.29 is 33.3 Å². The Morgan fingerprint density at radius 2 is 1.92 bits per heavy atom. The van der Waals surface area contributed by atoms with E-state index in [0.717, 1.165) is 6.07 Å². The molecule has 0 aliphatic carbocycles. The average molecular weight is 347 g/mol. The number of aliphatic hydroxyl groups is 2. The van der Waals surface area contributed by atoms with E-state index in [1.54, 1.807) is 20.8 Å². The minimum Gasteiger partial charge on any atom is -0.493 e. The van der Waals surface area contributed by atoms with Crippen LogP contribution < -0.4 is 10.1 Å². The van der Waals surface area contributed by atoms with Gasteiger partial charge in [-0.2, -0.15) is 0 Å². The molecule has 3 N–H and O–H groups in total. The molecular weight excluding hydrogens is 324 g/mol. The van der Waals surface area contributed by atoms with E-state index in [1.807, 2.05) is 0 Å². The van der Waals surface area contributed by atoms with Gasteiger partial charge in [-0.3, -0.25) is 0 Å². The minimum absolute atomic E-state index is 0.00720. The number of halogens is 2. The Labute approximate surface area is 139 Å². The summed E-state index contributed by atoms with van der Waals surface area (Å²) in [4.78, 5) is 11.5. The standard InChI is InChI=1S/C16H23F2NO5/c1-16(2,3)24-15(22)19-6-5-12(20)13(21)10-7-9(17)8-11(18)14(10)23-4/h7-8,12-13,20-21H,5-6H2,1-4H3,(H,19,22). The van der Waals surface area contributed by atoms with E-state index >= 15 is 0 Å². The highest BCUT2D eigenvalue weighted by atomic mass is 19.1. The fourth-order valence-electron chi connectivity index (χ4n) is 2.02. The highest BCUT2D eigenvalue weighted by molar-refractivity contribution is 5.67. The zero-order chi connectivity index (χ0) is 18.5. The zero-order valence-electron chi connectivity index (χ0n) is 14.1. The van der Waals surface area contributed by atoms with Crippen molar-refractivity contribution >= 4 is 6.09 Å². The number of methoxy groups -OCH3 is 1. The van der Waals surface area contributed by atoms with E-state index in [9.17, 15) is 23.8 Å². The molecule has 0 heterocycles. The van der Waals surface area contributed by atoms with Gasteiger partial charge in [-0.1, -0.05) is 0 Å². The monoisotopic (exact) mass is 347 g/mol. The second kappa shape index (κ2) is 8.25. The van der Waals surface area contributed by atoms with Crippen molar-refractivity contribution in [2.24, 2.45) is 0 Å². The number of hydrogen-bond acceptors (Lipinski definition) is 5. The summed E-state index contributed by atoms with van der Waals surface area (Å²) < 4.78 is 36.8. The molecule has 0 bridgehead atoms. The van der Waals surface area contributed by atoms with Crippen LogP contribution in [0.1, 0.15) is 38.9 Å². The summed E-state index contributed by atoms with van der Waals surface area (Å²) in [6.45, 7) is 5.12. The molecule has 1 aromatic rings. The summed E-state index contributed by atoms with van der Waals surface area (Å²) in [5, 5.41) is 22.5. The Kier molecular flexibility index (Phi) is 6.92. The van der Waals surface area contributed by atoms with Crippen molar-refractivity contribution in [3.63, 3.8) is 0 Å². The topological polar surface area (TPSA) is 88.0 Å². The molecule has 6 nitrogen and oxygen atoms in total. The van der Waals surface area contributed by atoms with Crippen LogP contribution in [-0.4, -0.2) is 41.7 Å². The maximum atomic E-state index is 13.6. The Morgan fingerprint density at radius 3 is 2.46 bits per heavy atom. The lowest BCUT2D eigenvalue weighted by Crippen LogP contribution is -2.34. The maximum absolute atomic E-state index is 13.6. The van der Waals surface area contributed by atoms with Crippen molar-refractivity contribution in [2.45, 2.75) is 45.0 Å². The molecule has 0 aromatic heterocycles. The van der Waals surface area contributed by atoms with Gasteiger partial charge in [-0.15, -0.1) is 0 Å². The molecule has 24 heavy (non-hydrogen) atoms. The maximum Gasteiger partial charge on any atom is 0.407 e. The predicted molar refractivity (Wildman–Crippen MR) is 82.7 cm³/mol. The first-order chi connectivity index (χ1) is 11.0. The largest absolute Gasteiger partial charge is 0.493 e. The van der Waals surface area contributed by atoms with Gasteiger partial charge in [0, 0.05) is 18.2 Å². The molecule has 0 aliphatic heterocycles. The molecule has 0 aliphatic rings. The molecule has 2 unspecified atom stereocenters. The third kappa shape index (κ3) is 5.93. The van der Waals surface area contributed by atoms with E-state index in [4.69, 9.17) is 9.47 Å². The van der Waals surface area contributed by atoms with Crippen LogP contribution in [0.4, 0.5) is 13.6 Å². The van der Waals surface area contributed by atoms with E-state index < -0.39 is 35.5 Å². The van der Waals surface area contributed by atoms with Crippen molar-refractivity contribution in [3.05, 3.63) is 29.3 Å². The Balaban J connectivity index is 2.66. The van der Waals surface area contributed by atoms with Crippen molar-refractivity contribution in [3.8, 4) is 5.75 Å². The first-order valence-electron chi connectivity index (χ1n) is 7.41. The number of alkyl carbamates (subject to hydrolysis) is 1. The van der Waals surface area contributed by atoms with E-state index in [0.29, 0.717) is 6.07 Å². The van der Waals surface area contributed by atoms with Crippen LogP contribution in [-0.2, 0) is 4.74 Å². The molecule has 0 saturated carbocycles. The number of aliphatic hydroxyl groups excluding tert-OH is 2. The van der Waals surface area contributed by atoms with Crippen LogP contribution in [0, 0.1) is 11.6 Å². The van der Waals surface area contributed by atoms with Crippen LogP contribution in [0.15, 0.2) is 12.1 Å². The number of carbonyl (C=O) groups is 1. The fourth-order valence-corrected chi connectivity index (χ4v) is 2.02. The van der Waals surface area contributed by atoms with E-state index in [-0.39, 0.29) is 24.3 Å². The first kappa shape index (κ1) is 20.1. The van der Waals surface area contributed by atoms with E-state index in [2.05, 4.69) is 5.32 Å². The number of ether oxygens (including phenoxy) is 2. The molecule has 2 atom stereocenters. The Bertz CT molecular complexity index is 574. The summed E-state index contributed by atoms with van der Waals surface area (Å²) in [7, 11) is 1.17. The van der Waals surface area contributed by atoms with Crippen LogP contribution in [0.5, 0.6) is 5.75 Å². The van der Waals surface area contributed by atoms with Gasteiger partial charge in [0.05, 0.1) is 13.2 Å². The number of amides is 1. The minimum atomic E-state index is -1.58. The summed E-state index contributed by atoms with van der Waals surface area (Å²) in [5.41, 5.74) is -0.867. The van der Waals surface area contributed by atoms with Gasteiger partial charge in [-0.05, 0) is 33.3 Å². The smallest absolute Gasteiger partial charge is 0.407 e. The molecule has 0 spiro atoms. The predicted octanol–water partition coefficient (Wildman–Crippen LogP) is 2.28. The van der Waals surface area contributed by atoms with Crippen molar-refractivity contribution in [1.82, 2.24) is 5.32 Å². The zero-order valence-corrected chi connectivity index (χ0v) is 14.1. The SMILES string of the molecule is COc1c(F)cc(F)cc1C(O)C(O)CCNC(=O)OC(C)(C)C. The fraction of sp³-hybridized carbons (Fsp3) is 0.562. The lowest BCUT2D eigenvalue weighted by molar-refractivity contribution is 0.0106. The lowest BCUT2D eigenvalue weighted by Gasteiger charge is -2.22. The van der Waals surface area contributed by atoms with E-state index in [1.165, 1.54) is 7.11 Å². The molecule has 0 fully saturated rings. The lowest BCUT2D eigenvalue weighted by atomic mass is 10.0. The van der Waals surface area contributed by atoms with Gasteiger partial charge >= 0.3 is 6.09 Å². The average Bonchev–Trinajstić information content (AvgIpc) is 2.43. The number of benzene rings is 1. The summed E-state index contributed by atoms with van der Waals surface area (Å²) in [6.07, 6.45) is -3.67. The van der Waals surface area contributed by atoms with Crippen molar-refractivity contribution in [2.75, 3.05) is 13.7 Å². The Hall–Kier alpha value is -1.93. The molecule has 1 aromatic carbocycles. The van der Waals surface area contributed by atoms with Crippen molar-refractivity contribution in [1.29, 1.82) is 0 Å². The van der Waals surface area contributed by atoms with Gasteiger partial charge in [0.1, 0.15) is 17.5 Å². The second-order valence-corrected chi connectivity index (χ2v) is 6.24. The summed E-state index contributed by atoms with van der Waals surface area (Å²) >= 11 is 0. The van der Waals surface area contributed by atoms with Gasteiger partial charge in [-0.25, -0.2) is 13.6 Å². The molecule has 0 saturated heterocycles. The molecule has 0 radical (unpaired) electrons. The Morgan fingerprint density at radius 1 is 1.29 bits per heavy atom. The second-order valence-electron chi connectivity index (χ2n) is 6.24. The first-order valence-corrected chi connectivity index (χ1v) is 7.41. The highest BCUT2D eigenvalue weighted by Crippen LogP contribution is 2.31. The normalized spacial score (nSPS) is 14.0.